The maximum absolute atomic E-state index is 4.58. The van der Waals surface area contributed by atoms with Crippen molar-refractivity contribution in [3.8, 4) is 0 Å². The second kappa shape index (κ2) is 7.39. The molecule has 2 rings (SSSR count). The first-order chi connectivity index (χ1) is 7.45. The molecule has 0 bridgehead atoms. The van der Waals surface area contributed by atoms with Crippen LogP contribution in [0.5, 0.6) is 0 Å². The number of hydrogen-bond acceptors (Lipinski definition) is 1. The fourth-order valence-electron chi connectivity index (χ4n) is 1.21. The van der Waals surface area contributed by atoms with Crippen LogP contribution in [0.25, 0.3) is 0 Å². The van der Waals surface area contributed by atoms with Gasteiger partial charge in [-0.2, -0.15) is 0 Å². The standard InChI is InChI=1S/C12H11N.AsCl/c1-3-7-11(8-4-1)13-12-9-5-2-6-10-12;1-2/h1-10,13H;. The summed E-state index contributed by atoms with van der Waals surface area (Å²) in [6.07, 6.45) is 0. The Bertz CT molecular complexity index is 326. The van der Waals surface area contributed by atoms with Gasteiger partial charge in [0.05, 0.1) is 0 Å². The van der Waals surface area contributed by atoms with Crippen molar-refractivity contribution >= 4 is 37.2 Å². The topological polar surface area (TPSA) is 12.0 Å². The van der Waals surface area contributed by atoms with Crippen LogP contribution in [-0.2, 0) is 0 Å². The molecule has 2 aromatic rings. The van der Waals surface area contributed by atoms with E-state index in [1.54, 1.807) is 15.9 Å². The van der Waals surface area contributed by atoms with E-state index in [0.717, 1.165) is 11.4 Å². The van der Waals surface area contributed by atoms with Crippen molar-refractivity contribution in [1.29, 1.82) is 0 Å². The van der Waals surface area contributed by atoms with Crippen LogP contribution in [0, 0.1) is 0 Å². The summed E-state index contributed by atoms with van der Waals surface area (Å²) >= 11 is 1.78. The third kappa shape index (κ3) is 4.42. The van der Waals surface area contributed by atoms with E-state index < -0.39 is 0 Å². The Hall–Kier alpha value is -0.912. The molecule has 1 nitrogen and oxygen atoms in total. The van der Waals surface area contributed by atoms with Gasteiger partial charge in [0, 0.05) is 11.4 Å². The number of hydrogen-bond donors (Lipinski definition) is 1. The molecule has 0 spiro atoms. The fourth-order valence-corrected chi connectivity index (χ4v) is 1.21. The molecule has 0 unspecified atom stereocenters. The zero-order valence-corrected chi connectivity index (χ0v) is 10.7. The van der Waals surface area contributed by atoms with E-state index >= 15 is 0 Å². The first kappa shape index (κ1) is 12.2. The van der Waals surface area contributed by atoms with E-state index in [0.29, 0.717) is 0 Å². The summed E-state index contributed by atoms with van der Waals surface area (Å²) in [6, 6.07) is 20.3. The molecular formula is C12H11AsClN. The van der Waals surface area contributed by atoms with Crippen molar-refractivity contribution < 1.29 is 0 Å². The van der Waals surface area contributed by atoms with Crippen molar-refractivity contribution in [3.05, 3.63) is 60.7 Å². The van der Waals surface area contributed by atoms with Crippen molar-refractivity contribution in [3.63, 3.8) is 0 Å². The van der Waals surface area contributed by atoms with Gasteiger partial charge in [0.1, 0.15) is 0 Å². The second-order valence-electron chi connectivity index (χ2n) is 2.86. The number of para-hydroxylation sites is 2. The molecule has 76 valence electrons. The second-order valence-corrected chi connectivity index (χ2v) is 2.86. The minimum Gasteiger partial charge on any atom is -0.356 e. The number of halogens is 1. The maximum atomic E-state index is 4.58. The molecule has 0 aromatic heterocycles. The largest absolute Gasteiger partial charge is 0.356 e. The molecule has 0 heterocycles. The van der Waals surface area contributed by atoms with E-state index in [1.807, 2.05) is 60.7 Å². The van der Waals surface area contributed by atoms with Gasteiger partial charge in [-0.05, 0) is 24.3 Å². The molecule has 0 aliphatic heterocycles. The summed E-state index contributed by atoms with van der Waals surface area (Å²) in [7, 11) is 4.58. The first-order valence-electron chi connectivity index (χ1n) is 4.49. The number of anilines is 2. The first-order valence-corrected chi connectivity index (χ1v) is 6.96. The summed E-state index contributed by atoms with van der Waals surface area (Å²) in [6.45, 7) is 0. The molecule has 15 heavy (non-hydrogen) atoms. The smallest absolute Gasteiger partial charge is 0.0384 e. The van der Waals surface area contributed by atoms with Crippen molar-refractivity contribution in [2.75, 3.05) is 5.32 Å². The van der Waals surface area contributed by atoms with Crippen LogP contribution >= 0.6 is 9.95 Å². The molecule has 0 saturated carbocycles. The summed E-state index contributed by atoms with van der Waals surface area (Å²) in [4.78, 5) is 0. The van der Waals surface area contributed by atoms with Gasteiger partial charge in [-0.15, -0.1) is 0 Å². The fraction of sp³-hybridized carbons (Fsp3) is 0. The molecule has 0 fully saturated rings. The maximum Gasteiger partial charge on any atom is 0.0384 e. The van der Waals surface area contributed by atoms with E-state index in [2.05, 4.69) is 15.3 Å². The van der Waals surface area contributed by atoms with Gasteiger partial charge in [-0.1, -0.05) is 36.4 Å². The number of rotatable bonds is 2. The van der Waals surface area contributed by atoms with Gasteiger partial charge in [0.25, 0.3) is 0 Å². The van der Waals surface area contributed by atoms with Gasteiger partial charge in [-0.25, -0.2) is 0 Å². The average Bonchev–Trinajstić information content (AvgIpc) is 2.34. The SMILES string of the molecule is Cl[As].c1ccc(Nc2ccccc2)cc1. The summed E-state index contributed by atoms with van der Waals surface area (Å²) in [5, 5.41) is 3.30. The molecule has 0 aliphatic carbocycles. The Morgan fingerprint density at radius 3 is 1.33 bits per heavy atom. The van der Waals surface area contributed by atoms with Gasteiger partial charge in [0.2, 0.25) is 0 Å². The normalized spacial score (nSPS) is 8.67. The Morgan fingerprint density at radius 2 is 1.00 bits per heavy atom. The van der Waals surface area contributed by atoms with Gasteiger partial charge >= 0.3 is 25.9 Å². The van der Waals surface area contributed by atoms with Crippen LogP contribution in [0.15, 0.2) is 60.7 Å². The van der Waals surface area contributed by atoms with Crippen molar-refractivity contribution in [2.24, 2.45) is 0 Å². The van der Waals surface area contributed by atoms with Crippen LogP contribution in [-0.4, -0.2) is 15.9 Å². The molecule has 2 radical (unpaired) electrons. The third-order valence-electron chi connectivity index (χ3n) is 1.84. The monoisotopic (exact) mass is 279 g/mol. The van der Waals surface area contributed by atoms with Gasteiger partial charge < -0.3 is 5.32 Å². The average molecular weight is 280 g/mol. The minimum absolute atomic E-state index is 1.12. The molecule has 2 aromatic carbocycles. The predicted molar refractivity (Wildman–Crippen MR) is 67.8 cm³/mol. The molecule has 0 amide bonds. The van der Waals surface area contributed by atoms with E-state index in [-0.39, 0.29) is 0 Å². The van der Waals surface area contributed by atoms with Crippen LogP contribution in [0.1, 0.15) is 0 Å². The van der Waals surface area contributed by atoms with Crippen LogP contribution < -0.4 is 5.32 Å². The molecule has 3 heteroatoms. The zero-order valence-electron chi connectivity index (χ0n) is 8.10. The minimum atomic E-state index is 1.12. The Kier molecular flexibility index (Phi) is 5.99. The molecule has 0 aliphatic rings. The third-order valence-corrected chi connectivity index (χ3v) is 1.84. The quantitative estimate of drug-likeness (QED) is 0.826. The number of nitrogens with one attached hydrogen (secondary N) is 1. The predicted octanol–water partition coefficient (Wildman–Crippen LogP) is 3.74. The molecular weight excluding hydrogens is 269 g/mol. The summed E-state index contributed by atoms with van der Waals surface area (Å²) in [5.41, 5.74) is 2.24. The van der Waals surface area contributed by atoms with Crippen LogP contribution in [0.4, 0.5) is 11.4 Å². The molecule has 1 N–H and O–H groups in total. The van der Waals surface area contributed by atoms with Gasteiger partial charge in [0.15, 0.2) is 0 Å². The van der Waals surface area contributed by atoms with Crippen LogP contribution in [0.3, 0.4) is 0 Å². The molecule has 0 atom stereocenters. The Balaban J connectivity index is 0.000000531. The van der Waals surface area contributed by atoms with E-state index in [4.69, 9.17) is 0 Å². The Labute approximate surface area is 103 Å². The van der Waals surface area contributed by atoms with Crippen molar-refractivity contribution in [2.45, 2.75) is 0 Å². The zero-order chi connectivity index (χ0) is 10.9. The van der Waals surface area contributed by atoms with E-state index in [9.17, 15) is 0 Å². The van der Waals surface area contributed by atoms with Crippen molar-refractivity contribution in [1.82, 2.24) is 0 Å². The Morgan fingerprint density at radius 1 is 0.667 bits per heavy atom. The van der Waals surface area contributed by atoms with Gasteiger partial charge in [-0.3, -0.25) is 0 Å². The van der Waals surface area contributed by atoms with Crippen LogP contribution in [0.2, 0.25) is 0 Å². The summed E-state index contributed by atoms with van der Waals surface area (Å²) < 4.78 is 0. The number of benzene rings is 2. The summed E-state index contributed by atoms with van der Waals surface area (Å²) in [5.74, 6) is 0. The molecule has 0 saturated heterocycles. The van der Waals surface area contributed by atoms with E-state index in [1.165, 1.54) is 0 Å².